The van der Waals surface area contributed by atoms with Crippen LogP contribution < -0.4 is 10.2 Å². The van der Waals surface area contributed by atoms with E-state index in [0.717, 1.165) is 11.8 Å². The Morgan fingerprint density at radius 3 is 2.31 bits per heavy atom. The van der Waals surface area contributed by atoms with Crippen LogP contribution in [0.2, 0.25) is 0 Å². The topological polar surface area (TPSA) is 131 Å². The zero-order valence-corrected chi connectivity index (χ0v) is 19.7. The van der Waals surface area contributed by atoms with Gasteiger partial charge in [0.1, 0.15) is 5.82 Å². The molecule has 1 aliphatic heterocycles. The predicted octanol–water partition coefficient (Wildman–Crippen LogP) is 3.16. The molecule has 1 saturated heterocycles. The van der Waals surface area contributed by atoms with Gasteiger partial charge in [0.05, 0.1) is 27.8 Å². The number of amides is 1. The van der Waals surface area contributed by atoms with E-state index >= 15 is 0 Å². The molecule has 184 valence electrons. The second kappa shape index (κ2) is 10.2. The quantitative estimate of drug-likeness (QED) is 0.523. The summed E-state index contributed by atoms with van der Waals surface area (Å²) in [5.74, 6) is -2.36. The van der Waals surface area contributed by atoms with Crippen molar-refractivity contribution < 1.29 is 27.5 Å². The van der Waals surface area contributed by atoms with E-state index in [2.05, 4.69) is 5.32 Å². The average Bonchev–Trinajstić information content (AvgIpc) is 2.89. The highest BCUT2D eigenvalue weighted by Gasteiger charge is 2.29. The third-order valence-electron chi connectivity index (χ3n) is 5.79. The van der Waals surface area contributed by atoms with Gasteiger partial charge < -0.3 is 15.3 Å². The van der Waals surface area contributed by atoms with Crippen LogP contribution in [0.3, 0.4) is 0 Å². The lowest BCUT2D eigenvalue weighted by Crippen LogP contribution is -2.48. The molecule has 0 bridgehead atoms. The van der Waals surface area contributed by atoms with Crippen LogP contribution in [0.4, 0.5) is 15.8 Å². The summed E-state index contributed by atoms with van der Waals surface area (Å²) in [6.45, 7) is 1.26. The Kier molecular flexibility index (Phi) is 7.00. The van der Waals surface area contributed by atoms with Crippen LogP contribution >= 0.6 is 0 Å². The number of halogens is 1. The van der Waals surface area contributed by atoms with E-state index in [0.29, 0.717) is 13.1 Å². The van der Waals surface area contributed by atoms with E-state index in [1.165, 1.54) is 52.8 Å². The maximum Gasteiger partial charge on any atom is 0.337 e. The first kappa shape index (κ1) is 24.8. The molecule has 0 saturated carbocycles. The molecular weight excluding hydrogens is 487 g/mol. The molecule has 3 aromatic carbocycles. The van der Waals surface area contributed by atoms with Crippen molar-refractivity contribution in [3.05, 3.63) is 89.2 Å². The van der Waals surface area contributed by atoms with E-state index in [4.69, 9.17) is 5.26 Å². The van der Waals surface area contributed by atoms with Crippen LogP contribution in [0.5, 0.6) is 0 Å². The van der Waals surface area contributed by atoms with Gasteiger partial charge in [0, 0.05) is 37.4 Å². The zero-order chi connectivity index (χ0) is 25.9. The van der Waals surface area contributed by atoms with E-state index in [1.54, 1.807) is 12.1 Å². The standard InChI is InChI=1S/C25H21FN4O5S/c26-19-5-7-20(8-6-19)29-10-12-30(13-11-29)36(34,35)21-3-1-2-18(15-21)24(31)28-23-9-4-17(16-27)14-22(23)25(32)33/h1-9,14-15H,10-13H2,(H,28,31)(H,32,33). The van der Waals surface area contributed by atoms with Crippen molar-refractivity contribution in [1.82, 2.24) is 4.31 Å². The molecule has 1 heterocycles. The molecule has 0 aliphatic carbocycles. The molecule has 2 N–H and O–H groups in total. The second-order valence-corrected chi connectivity index (χ2v) is 9.96. The molecule has 0 aromatic heterocycles. The lowest BCUT2D eigenvalue weighted by atomic mass is 10.1. The van der Waals surface area contributed by atoms with Crippen LogP contribution in [0.25, 0.3) is 0 Å². The van der Waals surface area contributed by atoms with Gasteiger partial charge in [-0.1, -0.05) is 6.07 Å². The lowest BCUT2D eigenvalue weighted by Gasteiger charge is -2.35. The van der Waals surface area contributed by atoms with Crippen molar-refractivity contribution in [2.75, 3.05) is 36.4 Å². The third kappa shape index (κ3) is 5.19. The summed E-state index contributed by atoms with van der Waals surface area (Å²) in [6.07, 6.45) is 0. The first-order chi connectivity index (χ1) is 17.2. The van der Waals surface area contributed by atoms with Crippen LogP contribution in [0, 0.1) is 17.1 Å². The summed E-state index contributed by atoms with van der Waals surface area (Å²) < 4.78 is 41.0. The number of benzene rings is 3. The Morgan fingerprint density at radius 1 is 0.972 bits per heavy atom. The zero-order valence-electron chi connectivity index (χ0n) is 18.9. The number of anilines is 2. The monoisotopic (exact) mass is 508 g/mol. The number of sulfonamides is 1. The van der Waals surface area contributed by atoms with Gasteiger partial charge in [-0.15, -0.1) is 0 Å². The average molecular weight is 509 g/mol. The van der Waals surface area contributed by atoms with E-state index < -0.39 is 21.9 Å². The molecular formula is C25H21FN4O5S. The number of piperazine rings is 1. The molecule has 0 atom stereocenters. The maximum atomic E-state index is 13.2. The summed E-state index contributed by atoms with van der Waals surface area (Å²) in [7, 11) is -3.90. The van der Waals surface area contributed by atoms with E-state index in [9.17, 15) is 27.5 Å². The van der Waals surface area contributed by atoms with Crippen molar-refractivity contribution in [3.63, 3.8) is 0 Å². The van der Waals surface area contributed by atoms with Gasteiger partial charge in [-0.05, 0) is 60.7 Å². The predicted molar refractivity (Wildman–Crippen MR) is 130 cm³/mol. The van der Waals surface area contributed by atoms with Crippen molar-refractivity contribution in [2.24, 2.45) is 0 Å². The summed E-state index contributed by atoms with van der Waals surface area (Å²) in [5, 5.41) is 20.9. The normalized spacial score (nSPS) is 14.2. The molecule has 3 aromatic rings. The highest BCUT2D eigenvalue weighted by atomic mass is 32.2. The lowest BCUT2D eigenvalue weighted by molar-refractivity contribution is 0.0698. The van der Waals surface area contributed by atoms with Gasteiger partial charge in [-0.2, -0.15) is 9.57 Å². The summed E-state index contributed by atoms with van der Waals surface area (Å²) in [5.41, 5.74) is 0.678. The van der Waals surface area contributed by atoms with Crippen molar-refractivity contribution in [2.45, 2.75) is 4.90 Å². The summed E-state index contributed by atoms with van der Waals surface area (Å²) in [4.78, 5) is 26.2. The first-order valence-corrected chi connectivity index (χ1v) is 12.3. The largest absolute Gasteiger partial charge is 0.478 e. The van der Waals surface area contributed by atoms with Crippen LogP contribution in [0.1, 0.15) is 26.3 Å². The van der Waals surface area contributed by atoms with Gasteiger partial charge in [0.15, 0.2) is 0 Å². The van der Waals surface area contributed by atoms with Gasteiger partial charge >= 0.3 is 5.97 Å². The SMILES string of the molecule is N#Cc1ccc(NC(=O)c2cccc(S(=O)(=O)N3CCN(c4ccc(F)cc4)CC3)c2)c(C(=O)O)c1. The van der Waals surface area contributed by atoms with E-state index in [1.807, 2.05) is 11.0 Å². The van der Waals surface area contributed by atoms with E-state index in [-0.39, 0.29) is 46.2 Å². The number of rotatable bonds is 6. The number of aromatic carboxylic acids is 1. The number of carboxylic acids is 1. The molecule has 4 rings (SSSR count). The van der Waals surface area contributed by atoms with Crippen molar-refractivity contribution >= 4 is 33.3 Å². The fourth-order valence-electron chi connectivity index (χ4n) is 3.88. The number of hydrogen-bond donors (Lipinski definition) is 2. The Bertz CT molecular complexity index is 1460. The Morgan fingerprint density at radius 2 is 1.67 bits per heavy atom. The third-order valence-corrected chi connectivity index (χ3v) is 7.69. The minimum absolute atomic E-state index is 0.0170. The molecule has 0 radical (unpaired) electrons. The molecule has 9 nitrogen and oxygen atoms in total. The van der Waals surface area contributed by atoms with Gasteiger partial charge in [-0.25, -0.2) is 17.6 Å². The molecule has 0 spiro atoms. The number of nitrogens with one attached hydrogen (secondary N) is 1. The van der Waals surface area contributed by atoms with Crippen LogP contribution in [-0.4, -0.2) is 55.9 Å². The number of nitrogens with zero attached hydrogens (tertiary/aromatic N) is 3. The fraction of sp³-hybridized carbons (Fsp3) is 0.160. The van der Waals surface area contributed by atoms with Crippen LogP contribution in [-0.2, 0) is 10.0 Å². The highest BCUT2D eigenvalue weighted by molar-refractivity contribution is 7.89. The van der Waals surface area contributed by atoms with Gasteiger partial charge in [0.2, 0.25) is 10.0 Å². The molecule has 1 aliphatic rings. The summed E-state index contributed by atoms with van der Waals surface area (Å²) in [6, 6.07) is 17.1. The van der Waals surface area contributed by atoms with Crippen LogP contribution in [0.15, 0.2) is 71.6 Å². The molecule has 1 fully saturated rings. The number of carboxylic acid groups (broad SMARTS) is 1. The van der Waals surface area contributed by atoms with Crippen molar-refractivity contribution in [3.8, 4) is 6.07 Å². The van der Waals surface area contributed by atoms with Crippen molar-refractivity contribution in [1.29, 1.82) is 5.26 Å². The molecule has 0 unspecified atom stereocenters. The smallest absolute Gasteiger partial charge is 0.337 e. The fourth-order valence-corrected chi connectivity index (χ4v) is 5.35. The molecule has 11 heteroatoms. The minimum atomic E-state index is -3.90. The Balaban J connectivity index is 1.49. The first-order valence-electron chi connectivity index (χ1n) is 10.9. The maximum absolute atomic E-state index is 13.2. The second-order valence-electron chi connectivity index (χ2n) is 8.03. The number of carbonyl (C=O) groups excluding carboxylic acids is 1. The van der Waals surface area contributed by atoms with Gasteiger partial charge in [0.25, 0.3) is 5.91 Å². The molecule has 1 amide bonds. The summed E-state index contributed by atoms with van der Waals surface area (Å²) >= 11 is 0. The Labute approximate surface area is 207 Å². The Hall–Kier alpha value is -4.27. The van der Waals surface area contributed by atoms with Gasteiger partial charge in [-0.3, -0.25) is 4.79 Å². The number of hydrogen-bond acceptors (Lipinski definition) is 6. The molecule has 36 heavy (non-hydrogen) atoms. The highest BCUT2D eigenvalue weighted by Crippen LogP contribution is 2.23. The number of carbonyl (C=O) groups is 2. The number of nitriles is 1. The minimum Gasteiger partial charge on any atom is -0.478 e.